The van der Waals surface area contributed by atoms with Gasteiger partial charge in [-0.05, 0) is 61.1 Å². The second kappa shape index (κ2) is 8.95. The summed E-state index contributed by atoms with van der Waals surface area (Å²) in [5.41, 5.74) is 1.91. The second-order valence-corrected chi connectivity index (χ2v) is 6.86. The van der Waals surface area contributed by atoms with Crippen LogP contribution in [0.25, 0.3) is 10.9 Å². The Balaban J connectivity index is 1.70. The number of rotatable bonds is 6. The summed E-state index contributed by atoms with van der Waals surface area (Å²) in [4.78, 5) is 15.3. The fourth-order valence-electron chi connectivity index (χ4n) is 2.84. The maximum Gasteiger partial charge on any atom is 0.251 e. The number of aromatic nitrogens is 1. The van der Waals surface area contributed by atoms with Crippen LogP contribution in [0.5, 0.6) is 11.5 Å². The lowest BCUT2D eigenvalue weighted by molar-refractivity contribution is 0.409. The van der Waals surface area contributed by atoms with Crippen molar-refractivity contribution in [2.24, 2.45) is 0 Å². The van der Waals surface area contributed by atoms with E-state index in [1.54, 1.807) is 32.4 Å². The number of fused-ring (bicyclic) bond motifs is 1. The summed E-state index contributed by atoms with van der Waals surface area (Å²) in [5, 5.41) is 8.09. The molecule has 0 bridgehead atoms. The van der Waals surface area contributed by atoms with Gasteiger partial charge in [0.1, 0.15) is 11.5 Å². The zero-order valence-corrected chi connectivity index (χ0v) is 17.0. The molecule has 0 radical (unpaired) electrons. The predicted octanol–water partition coefficient (Wildman–Crippen LogP) is 3.73. The predicted molar refractivity (Wildman–Crippen MR) is 117 cm³/mol. The average Bonchev–Trinajstić information content (AvgIpc) is 2.69. The molecule has 28 heavy (non-hydrogen) atoms. The van der Waals surface area contributed by atoms with E-state index in [2.05, 4.69) is 15.6 Å². The molecule has 3 aromatic rings. The fraction of sp³-hybridized carbons (Fsp3) is 0.200. The molecule has 0 aliphatic rings. The molecule has 0 saturated carbocycles. The summed E-state index contributed by atoms with van der Waals surface area (Å²) in [6, 6.07) is 12.6. The lowest BCUT2D eigenvalue weighted by Gasteiger charge is -2.12. The minimum atomic E-state index is -0.169. The van der Waals surface area contributed by atoms with Crippen molar-refractivity contribution in [3.05, 3.63) is 63.4 Å². The van der Waals surface area contributed by atoms with E-state index in [0.717, 1.165) is 11.1 Å². The quantitative estimate of drug-likeness (QED) is 0.531. The summed E-state index contributed by atoms with van der Waals surface area (Å²) in [6.45, 7) is 0.500. The number of benzene rings is 2. The molecule has 146 valence electrons. The molecule has 0 unspecified atom stereocenters. The molecule has 0 spiro atoms. The van der Waals surface area contributed by atoms with E-state index in [4.69, 9.17) is 33.3 Å². The van der Waals surface area contributed by atoms with E-state index in [-0.39, 0.29) is 5.56 Å². The molecule has 8 heteroatoms. The van der Waals surface area contributed by atoms with Gasteiger partial charge in [0.05, 0.1) is 19.7 Å². The van der Waals surface area contributed by atoms with Gasteiger partial charge in [0.15, 0.2) is 5.11 Å². The number of aromatic amines is 1. The van der Waals surface area contributed by atoms with Crippen molar-refractivity contribution in [1.29, 1.82) is 0 Å². The van der Waals surface area contributed by atoms with E-state index in [1.807, 2.05) is 24.3 Å². The van der Waals surface area contributed by atoms with Gasteiger partial charge in [-0.15, -0.1) is 0 Å². The number of ether oxygens (including phenoxy) is 2. The molecule has 1 aromatic heterocycles. The van der Waals surface area contributed by atoms with Crippen molar-refractivity contribution in [2.75, 3.05) is 26.1 Å². The first-order valence-corrected chi connectivity index (χ1v) is 9.37. The van der Waals surface area contributed by atoms with Crippen molar-refractivity contribution in [3.8, 4) is 11.5 Å². The van der Waals surface area contributed by atoms with Gasteiger partial charge in [-0.25, -0.2) is 0 Å². The van der Waals surface area contributed by atoms with Gasteiger partial charge in [0, 0.05) is 28.2 Å². The molecule has 2 aromatic carbocycles. The first-order valence-electron chi connectivity index (χ1n) is 8.59. The molecule has 3 rings (SSSR count). The van der Waals surface area contributed by atoms with Crippen molar-refractivity contribution >= 4 is 45.5 Å². The Labute approximate surface area is 172 Å². The third-order valence-corrected chi connectivity index (χ3v) is 4.74. The summed E-state index contributed by atoms with van der Waals surface area (Å²) >= 11 is 11.2. The van der Waals surface area contributed by atoms with Crippen LogP contribution in [0.3, 0.4) is 0 Å². The summed E-state index contributed by atoms with van der Waals surface area (Å²) in [6.07, 6.45) is 0.494. The molecule has 6 nitrogen and oxygen atoms in total. The molecule has 0 fully saturated rings. The molecular weight excluding hydrogens is 398 g/mol. The maximum absolute atomic E-state index is 12.5. The first kappa shape index (κ1) is 20.0. The zero-order valence-electron chi connectivity index (χ0n) is 15.5. The third-order valence-electron chi connectivity index (χ3n) is 4.24. The summed E-state index contributed by atoms with van der Waals surface area (Å²) in [7, 11) is 3.15. The van der Waals surface area contributed by atoms with Gasteiger partial charge in [-0.2, -0.15) is 0 Å². The molecule has 0 aliphatic carbocycles. The monoisotopic (exact) mass is 417 g/mol. The Bertz CT molecular complexity index is 1050. The number of hydrogen-bond acceptors (Lipinski definition) is 4. The Morgan fingerprint density at radius 3 is 2.46 bits per heavy atom. The largest absolute Gasteiger partial charge is 0.496 e. The number of anilines is 1. The van der Waals surface area contributed by atoms with E-state index in [1.165, 1.54) is 0 Å². The highest BCUT2D eigenvalue weighted by Crippen LogP contribution is 2.31. The second-order valence-electron chi connectivity index (χ2n) is 6.02. The first-order chi connectivity index (χ1) is 13.5. The lowest BCUT2D eigenvalue weighted by atomic mass is 10.1. The molecular formula is C20H20ClN3O3S. The fourth-order valence-corrected chi connectivity index (χ4v) is 3.19. The maximum atomic E-state index is 12.5. The Morgan fingerprint density at radius 2 is 1.79 bits per heavy atom. The zero-order chi connectivity index (χ0) is 20.1. The highest BCUT2D eigenvalue weighted by atomic mass is 35.5. The lowest BCUT2D eigenvalue weighted by Crippen LogP contribution is -2.31. The average molecular weight is 418 g/mol. The van der Waals surface area contributed by atoms with E-state index in [0.29, 0.717) is 45.7 Å². The molecule has 0 amide bonds. The van der Waals surface area contributed by atoms with Crippen molar-refractivity contribution < 1.29 is 9.47 Å². The molecule has 0 atom stereocenters. The Kier molecular flexibility index (Phi) is 6.38. The van der Waals surface area contributed by atoms with Crippen LogP contribution < -0.4 is 25.7 Å². The third kappa shape index (κ3) is 4.55. The highest BCUT2D eigenvalue weighted by Gasteiger charge is 2.11. The van der Waals surface area contributed by atoms with E-state index >= 15 is 0 Å². The SMILES string of the molecule is COc1ccc(OC)c2[nH]c(=O)c(CCNC(=S)Nc3ccc(Cl)cc3)cc12. The summed E-state index contributed by atoms with van der Waals surface area (Å²) < 4.78 is 10.7. The van der Waals surface area contributed by atoms with Crippen molar-refractivity contribution in [1.82, 2.24) is 10.3 Å². The number of nitrogens with one attached hydrogen (secondary N) is 3. The van der Waals surface area contributed by atoms with Crippen LogP contribution >= 0.6 is 23.8 Å². The minimum Gasteiger partial charge on any atom is -0.496 e. The van der Waals surface area contributed by atoms with Crippen LogP contribution in [0, 0.1) is 0 Å². The molecule has 0 saturated heterocycles. The molecule has 1 heterocycles. The highest BCUT2D eigenvalue weighted by molar-refractivity contribution is 7.80. The number of pyridine rings is 1. The van der Waals surface area contributed by atoms with Crippen LogP contribution in [0.2, 0.25) is 5.02 Å². The van der Waals surface area contributed by atoms with Crippen LogP contribution in [0.1, 0.15) is 5.56 Å². The molecule has 0 aliphatic heterocycles. The van der Waals surface area contributed by atoms with Gasteiger partial charge in [-0.1, -0.05) is 11.6 Å². The van der Waals surface area contributed by atoms with E-state index in [9.17, 15) is 4.79 Å². The van der Waals surface area contributed by atoms with E-state index < -0.39 is 0 Å². The number of H-pyrrole nitrogens is 1. The van der Waals surface area contributed by atoms with Gasteiger partial charge in [0.25, 0.3) is 5.56 Å². The van der Waals surface area contributed by atoms with Gasteiger partial charge < -0.3 is 25.1 Å². The number of methoxy groups -OCH3 is 2. The summed E-state index contributed by atoms with van der Waals surface area (Å²) in [5.74, 6) is 1.26. The van der Waals surface area contributed by atoms with Gasteiger partial charge in [-0.3, -0.25) is 4.79 Å². The van der Waals surface area contributed by atoms with Crippen LogP contribution in [0.15, 0.2) is 47.3 Å². The number of halogens is 1. The topological polar surface area (TPSA) is 75.4 Å². The minimum absolute atomic E-state index is 0.169. The smallest absolute Gasteiger partial charge is 0.251 e. The van der Waals surface area contributed by atoms with Gasteiger partial charge >= 0.3 is 0 Å². The van der Waals surface area contributed by atoms with Crippen LogP contribution in [-0.2, 0) is 6.42 Å². The van der Waals surface area contributed by atoms with Gasteiger partial charge in [0.2, 0.25) is 0 Å². The van der Waals surface area contributed by atoms with Crippen LogP contribution in [-0.4, -0.2) is 30.9 Å². The number of thiocarbonyl (C=S) groups is 1. The van der Waals surface area contributed by atoms with Crippen molar-refractivity contribution in [2.45, 2.75) is 6.42 Å². The standard InChI is InChI=1S/C20H20ClN3O3S/c1-26-16-7-8-17(27-2)18-15(16)11-12(19(25)24-18)9-10-22-20(28)23-14-5-3-13(21)4-6-14/h3-8,11H,9-10H2,1-2H3,(H,24,25)(H2,22,23,28). The van der Waals surface area contributed by atoms with Crippen molar-refractivity contribution in [3.63, 3.8) is 0 Å². The number of hydrogen-bond donors (Lipinski definition) is 3. The molecule has 3 N–H and O–H groups in total. The Hall–Kier alpha value is -2.77. The van der Waals surface area contributed by atoms with Crippen LogP contribution in [0.4, 0.5) is 5.69 Å². The normalized spacial score (nSPS) is 10.5. The Morgan fingerprint density at radius 1 is 1.11 bits per heavy atom.